The molecule has 0 aliphatic carbocycles. The number of carbonyl (C=O) groups excluding carboxylic acids is 1. The monoisotopic (exact) mass is 267 g/mol. The van der Waals surface area contributed by atoms with E-state index in [2.05, 4.69) is 12.6 Å². The molecule has 0 N–H and O–H groups in total. The lowest BCUT2D eigenvalue weighted by atomic mass is 10.1. The molecule has 0 aliphatic rings. The quantitative estimate of drug-likeness (QED) is 0.831. The summed E-state index contributed by atoms with van der Waals surface area (Å²) >= 11 is 4.13. The summed E-state index contributed by atoms with van der Waals surface area (Å²) in [5.41, 5.74) is 0.297. The predicted octanol–water partition coefficient (Wildman–Crippen LogP) is 2.54. The Bertz CT molecular complexity index is 401. The molecular formula is C14H21NO2S. The van der Waals surface area contributed by atoms with Crippen LogP contribution < -0.4 is 4.74 Å². The van der Waals surface area contributed by atoms with E-state index in [-0.39, 0.29) is 5.91 Å². The minimum Gasteiger partial charge on any atom is -0.478 e. The van der Waals surface area contributed by atoms with Gasteiger partial charge in [0.25, 0.3) is 5.91 Å². The van der Waals surface area contributed by atoms with Gasteiger partial charge < -0.3 is 9.64 Å². The van der Waals surface area contributed by atoms with Gasteiger partial charge in [0.2, 0.25) is 0 Å². The molecule has 3 nitrogen and oxygen atoms in total. The van der Waals surface area contributed by atoms with Gasteiger partial charge in [0.05, 0.1) is 0 Å². The summed E-state index contributed by atoms with van der Waals surface area (Å²) in [5.74, 6) is 1.30. The highest BCUT2D eigenvalue weighted by atomic mass is 32.1. The van der Waals surface area contributed by atoms with Crippen molar-refractivity contribution in [2.75, 3.05) is 19.3 Å². The number of aryl methyl sites for hydroxylation is 1. The summed E-state index contributed by atoms with van der Waals surface area (Å²) in [6, 6.07) is 7.69. The van der Waals surface area contributed by atoms with E-state index in [4.69, 9.17) is 4.74 Å². The number of rotatable bonds is 5. The molecule has 0 saturated carbocycles. The van der Waals surface area contributed by atoms with E-state index in [0.29, 0.717) is 18.0 Å². The van der Waals surface area contributed by atoms with E-state index in [9.17, 15) is 4.79 Å². The Morgan fingerprint density at radius 2 is 1.89 bits per heavy atom. The zero-order valence-electron chi connectivity index (χ0n) is 11.4. The standard InChI is InChI=1S/C14H21NO2S/c1-11-5-7-12(8-6-11)17-14(2,3)13(16)15(4)9-10-18/h5-8,18H,9-10H2,1-4H3. The van der Waals surface area contributed by atoms with Crippen LogP contribution in [0.1, 0.15) is 19.4 Å². The van der Waals surface area contributed by atoms with Gasteiger partial charge in [-0.25, -0.2) is 0 Å². The van der Waals surface area contributed by atoms with Crippen LogP contribution in [0.3, 0.4) is 0 Å². The highest BCUT2D eigenvalue weighted by Gasteiger charge is 2.32. The van der Waals surface area contributed by atoms with Crippen molar-refractivity contribution < 1.29 is 9.53 Å². The first kappa shape index (κ1) is 14.9. The summed E-state index contributed by atoms with van der Waals surface area (Å²) < 4.78 is 5.77. The molecule has 0 heterocycles. The first-order chi connectivity index (χ1) is 8.36. The number of hydrogen-bond donors (Lipinski definition) is 1. The molecule has 18 heavy (non-hydrogen) atoms. The molecule has 4 heteroatoms. The zero-order valence-corrected chi connectivity index (χ0v) is 12.3. The molecule has 1 aromatic rings. The lowest BCUT2D eigenvalue weighted by Crippen LogP contribution is -2.47. The van der Waals surface area contributed by atoms with Crippen molar-refractivity contribution in [3.63, 3.8) is 0 Å². The number of likely N-dealkylation sites (N-methyl/N-ethyl adjacent to an activating group) is 1. The van der Waals surface area contributed by atoms with Crippen molar-refractivity contribution in [1.82, 2.24) is 4.90 Å². The fourth-order valence-corrected chi connectivity index (χ4v) is 1.96. The number of nitrogens with zero attached hydrogens (tertiary/aromatic N) is 1. The summed E-state index contributed by atoms with van der Waals surface area (Å²) in [7, 11) is 1.76. The summed E-state index contributed by atoms with van der Waals surface area (Å²) in [6.45, 7) is 6.19. The molecule has 100 valence electrons. The van der Waals surface area contributed by atoms with Crippen LogP contribution in [0, 0.1) is 6.92 Å². The fraction of sp³-hybridized carbons (Fsp3) is 0.500. The van der Waals surface area contributed by atoms with E-state index in [1.807, 2.05) is 31.2 Å². The van der Waals surface area contributed by atoms with Crippen molar-refractivity contribution in [1.29, 1.82) is 0 Å². The van der Waals surface area contributed by atoms with Gasteiger partial charge in [-0.2, -0.15) is 12.6 Å². The summed E-state index contributed by atoms with van der Waals surface area (Å²) in [5, 5.41) is 0. The summed E-state index contributed by atoms with van der Waals surface area (Å²) in [4.78, 5) is 13.8. The van der Waals surface area contributed by atoms with Crippen molar-refractivity contribution in [3.8, 4) is 5.75 Å². The van der Waals surface area contributed by atoms with Crippen molar-refractivity contribution in [2.24, 2.45) is 0 Å². The molecule has 0 fully saturated rings. The Labute approximate surface area is 115 Å². The van der Waals surface area contributed by atoms with Gasteiger partial charge in [-0.15, -0.1) is 0 Å². The van der Waals surface area contributed by atoms with Crippen LogP contribution in [0.15, 0.2) is 24.3 Å². The molecule has 0 saturated heterocycles. The van der Waals surface area contributed by atoms with Crippen LogP contribution in [-0.2, 0) is 4.79 Å². The number of hydrogen-bond acceptors (Lipinski definition) is 3. The third kappa shape index (κ3) is 3.95. The van der Waals surface area contributed by atoms with E-state index in [0.717, 1.165) is 0 Å². The van der Waals surface area contributed by atoms with Crippen LogP contribution in [0.25, 0.3) is 0 Å². The second-order valence-corrected chi connectivity index (χ2v) is 5.32. The maximum atomic E-state index is 12.2. The minimum atomic E-state index is -0.868. The Morgan fingerprint density at radius 1 is 1.33 bits per heavy atom. The average molecular weight is 267 g/mol. The molecule has 0 aromatic heterocycles. The fourth-order valence-electron chi connectivity index (χ4n) is 1.66. The maximum absolute atomic E-state index is 12.2. The van der Waals surface area contributed by atoms with Crippen LogP contribution >= 0.6 is 12.6 Å². The third-order valence-corrected chi connectivity index (χ3v) is 2.89. The Kier molecular flexibility index (Phi) is 5.08. The van der Waals surface area contributed by atoms with Gasteiger partial charge >= 0.3 is 0 Å². The number of benzene rings is 1. The number of carbonyl (C=O) groups is 1. The molecule has 0 spiro atoms. The summed E-state index contributed by atoms with van der Waals surface area (Å²) in [6.07, 6.45) is 0. The number of ether oxygens (including phenoxy) is 1. The second kappa shape index (κ2) is 6.14. The molecule has 0 bridgehead atoms. The van der Waals surface area contributed by atoms with E-state index in [1.54, 1.807) is 25.8 Å². The van der Waals surface area contributed by atoms with Gasteiger partial charge in [-0.05, 0) is 32.9 Å². The minimum absolute atomic E-state index is 0.0443. The molecule has 1 rings (SSSR count). The Balaban J connectivity index is 2.74. The van der Waals surface area contributed by atoms with Crippen LogP contribution in [0.2, 0.25) is 0 Å². The molecule has 0 unspecified atom stereocenters. The van der Waals surface area contributed by atoms with Crippen molar-refractivity contribution >= 4 is 18.5 Å². The smallest absolute Gasteiger partial charge is 0.265 e. The molecule has 0 aliphatic heterocycles. The first-order valence-electron chi connectivity index (χ1n) is 5.99. The van der Waals surface area contributed by atoms with Crippen LogP contribution in [-0.4, -0.2) is 35.8 Å². The Hall–Kier alpha value is -1.16. The van der Waals surface area contributed by atoms with E-state index >= 15 is 0 Å². The molecular weight excluding hydrogens is 246 g/mol. The number of thiol groups is 1. The maximum Gasteiger partial charge on any atom is 0.265 e. The van der Waals surface area contributed by atoms with Gasteiger partial charge in [0.1, 0.15) is 5.75 Å². The molecule has 1 amide bonds. The first-order valence-corrected chi connectivity index (χ1v) is 6.62. The van der Waals surface area contributed by atoms with Crippen LogP contribution in [0.5, 0.6) is 5.75 Å². The van der Waals surface area contributed by atoms with E-state index < -0.39 is 5.60 Å². The lowest BCUT2D eigenvalue weighted by molar-refractivity contribution is -0.143. The molecule has 0 atom stereocenters. The predicted molar refractivity (Wildman–Crippen MR) is 77.4 cm³/mol. The topological polar surface area (TPSA) is 29.5 Å². The lowest BCUT2D eigenvalue weighted by Gasteiger charge is -2.30. The normalized spacial score (nSPS) is 11.2. The van der Waals surface area contributed by atoms with E-state index in [1.165, 1.54) is 5.56 Å². The van der Waals surface area contributed by atoms with Crippen molar-refractivity contribution in [3.05, 3.63) is 29.8 Å². The van der Waals surface area contributed by atoms with Crippen LogP contribution in [0.4, 0.5) is 0 Å². The highest BCUT2D eigenvalue weighted by molar-refractivity contribution is 7.80. The average Bonchev–Trinajstić information content (AvgIpc) is 2.31. The highest BCUT2D eigenvalue weighted by Crippen LogP contribution is 2.20. The second-order valence-electron chi connectivity index (χ2n) is 4.88. The molecule has 0 radical (unpaired) electrons. The third-order valence-electron chi connectivity index (χ3n) is 2.69. The molecule has 1 aromatic carbocycles. The van der Waals surface area contributed by atoms with Gasteiger partial charge in [0, 0.05) is 19.3 Å². The number of amides is 1. The van der Waals surface area contributed by atoms with Crippen molar-refractivity contribution in [2.45, 2.75) is 26.4 Å². The zero-order chi connectivity index (χ0) is 13.8. The van der Waals surface area contributed by atoms with Gasteiger partial charge in [-0.1, -0.05) is 17.7 Å². The largest absolute Gasteiger partial charge is 0.478 e. The SMILES string of the molecule is Cc1ccc(OC(C)(C)C(=O)N(C)CCS)cc1. The van der Waals surface area contributed by atoms with Gasteiger partial charge in [-0.3, -0.25) is 4.79 Å². The Morgan fingerprint density at radius 3 is 2.39 bits per heavy atom. The van der Waals surface area contributed by atoms with Gasteiger partial charge in [0.15, 0.2) is 5.60 Å².